The molecular weight excluding hydrogens is 204 g/mol. The Morgan fingerprint density at radius 2 is 2.07 bits per heavy atom. The second-order valence-electron chi connectivity index (χ2n) is 4.46. The van der Waals surface area contributed by atoms with Crippen LogP contribution in [-0.4, -0.2) is 0 Å². The van der Waals surface area contributed by atoms with E-state index in [1.54, 1.807) is 6.08 Å². The van der Waals surface area contributed by atoms with Gasteiger partial charge in [0.1, 0.15) is 0 Å². The molecule has 0 radical (unpaired) electrons. The first-order valence-corrected chi connectivity index (χ1v) is 6.08. The van der Waals surface area contributed by atoms with Crippen LogP contribution < -0.4 is 0 Å². The van der Waals surface area contributed by atoms with Crippen LogP contribution in [0.5, 0.6) is 0 Å². The zero-order chi connectivity index (χ0) is 11.1. The van der Waals surface area contributed by atoms with Gasteiger partial charge in [0.2, 0.25) is 0 Å². The molecule has 1 fully saturated rings. The maximum absolute atomic E-state index is 5.85. The predicted octanol–water partition coefficient (Wildman–Crippen LogP) is 4.51. The highest BCUT2D eigenvalue weighted by Crippen LogP contribution is 2.30. The van der Waals surface area contributed by atoms with E-state index in [0.717, 1.165) is 18.3 Å². The molecule has 0 N–H and O–H groups in total. The Morgan fingerprint density at radius 1 is 1.40 bits per heavy atom. The fourth-order valence-electron chi connectivity index (χ4n) is 2.07. The summed E-state index contributed by atoms with van der Waals surface area (Å²) in [6.45, 7) is 2.35. The molecule has 82 valence electrons. The Kier molecular flexibility index (Phi) is 5.58. The average Bonchev–Trinajstić information content (AvgIpc) is 2.21. The van der Waals surface area contributed by atoms with Crippen molar-refractivity contribution in [3.63, 3.8) is 0 Å². The topological polar surface area (TPSA) is 0 Å². The smallest absolute Gasteiger partial charge is 0.0486 e. The Balaban J connectivity index is 2.26. The van der Waals surface area contributed by atoms with Crippen molar-refractivity contribution in [1.82, 2.24) is 0 Å². The van der Waals surface area contributed by atoms with Gasteiger partial charge in [0.05, 0.1) is 0 Å². The quantitative estimate of drug-likeness (QED) is 0.487. The Bertz CT molecular complexity index is 272. The Labute approximate surface area is 98.4 Å². The van der Waals surface area contributed by atoms with Crippen LogP contribution in [0.25, 0.3) is 0 Å². The first kappa shape index (κ1) is 12.4. The summed E-state index contributed by atoms with van der Waals surface area (Å²) in [5, 5.41) is 0.654. The van der Waals surface area contributed by atoms with E-state index in [-0.39, 0.29) is 0 Å². The van der Waals surface area contributed by atoms with Crippen LogP contribution in [0.1, 0.15) is 39.0 Å². The third-order valence-corrected chi connectivity index (χ3v) is 3.34. The molecule has 15 heavy (non-hydrogen) atoms. The van der Waals surface area contributed by atoms with Crippen molar-refractivity contribution in [1.29, 1.82) is 0 Å². The van der Waals surface area contributed by atoms with Gasteiger partial charge in [-0.15, -0.1) is 6.42 Å². The predicted molar refractivity (Wildman–Crippen MR) is 67.6 cm³/mol. The molecule has 0 spiro atoms. The second-order valence-corrected chi connectivity index (χ2v) is 4.90. The van der Waals surface area contributed by atoms with E-state index in [4.69, 9.17) is 18.0 Å². The highest BCUT2D eigenvalue weighted by molar-refractivity contribution is 6.31. The van der Waals surface area contributed by atoms with Gasteiger partial charge in [-0.2, -0.15) is 0 Å². The summed E-state index contributed by atoms with van der Waals surface area (Å²) in [4.78, 5) is 0. The van der Waals surface area contributed by atoms with Crippen LogP contribution in [0.2, 0.25) is 0 Å². The molecule has 0 amide bonds. The molecule has 1 heteroatoms. The minimum Gasteiger partial charge on any atom is -0.115 e. The fourth-order valence-corrected chi connectivity index (χ4v) is 2.22. The van der Waals surface area contributed by atoms with E-state index in [2.05, 4.69) is 18.9 Å². The molecule has 0 unspecified atom stereocenters. The van der Waals surface area contributed by atoms with Crippen molar-refractivity contribution in [2.75, 3.05) is 0 Å². The number of halogens is 1. The van der Waals surface area contributed by atoms with E-state index >= 15 is 0 Å². The molecule has 0 aromatic carbocycles. The van der Waals surface area contributed by atoms with Crippen molar-refractivity contribution in [3.8, 4) is 12.3 Å². The first-order chi connectivity index (χ1) is 7.22. The molecule has 0 aliphatic heterocycles. The molecule has 0 aromatic heterocycles. The van der Waals surface area contributed by atoms with Gasteiger partial charge in [-0.1, -0.05) is 43.4 Å². The van der Waals surface area contributed by atoms with Crippen molar-refractivity contribution in [2.45, 2.75) is 39.0 Å². The summed E-state index contributed by atoms with van der Waals surface area (Å²) in [7, 11) is 0. The van der Waals surface area contributed by atoms with E-state index < -0.39 is 0 Å². The maximum atomic E-state index is 5.85. The molecule has 1 saturated carbocycles. The van der Waals surface area contributed by atoms with Gasteiger partial charge in [0, 0.05) is 11.1 Å². The normalized spacial score (nSPS) is 27.9. The number of hydrogen-bond acceptors (Lipinski definition) is 0. The first-order valence-electron chi connectivity index (χ1n) is 5.70. The number of terminal acetylenes is 1. The second kappa shape index (κ2) is 6.75. The van der Waals surface area contributed by atoms with E-state index in [1.165, 1.54) is 25.7 Å². The number of allylic oxidation sites excluding steroid dienone is 4. The minimum absolute atomic E-state index is 0.654. The van der Waals surface area contributed by atoms with E-state index in [0.29, 0.717) is 5.03 Å². The van der Waals surface area contributed by atoms with E-state index in [9.17, 15) is 0 Å². The third-order valence-electron chi connectivity index (χ3n) is 3.10. The van der Waals surface area contributed by atoms with Gasteiger partial charge in [-0.05, 0) is 37.2 Å². The monoisotopic (exact) mass is 222 g/mol. The standard InChI is InChI=1S/C14H19Cl/c1-3-5-14(15)7-4-6-13-10-8-12(2)9-11-13/h1,4-5,7,12-13H,6,8-11H2,2H3/b7-4-,14-5+. The van der Waals surface area contributed by atoms with Gasteiger partial charge in [-0.25, -0.2) is 0 Å². The van der Waals surface area contributed by atoms with Crippen LogP contribution >= 0.6 is 11.6 Å². The molecule has 1 aliphatic carbocycles. The molecule has 1 rings (SSSR count). The summed E-state index contributed by atoms with van der Waals surface area (Å²) in [6.07, 6.45) is 17.4. The zero-order valence-corrected chi connectivity index (χ0v) is 10.1. The lowest BCUT2D eigenvalue weighted by molar-refractivity contribution is 0.292. The molecular formula is C14H19Cl. The van der Waals surface area contributed by atoms with Gasteiger partial charge in [-0.3, -0.25) is 0 Å². The van der Waals surface area contributed by atoms with Crippen LogP contribution in [0, 0.1) is 24.2 Å². The van der Waals surface area contributed by atoms with Gasteiger partial charge >= 0.3 is 0 Å². The summed E-state index contributed by atoms with van der Waals surface area (Å²) < 4.78 is 0. The molecule has 0 bridgehead atoms. The molecule has 0 heterocycles. The van der Waals surface area contributed by atoms with Crippen LogP contribution in [0.4, 0.5) is 0 Å². The summed E-state index contributed by atoms with van der Waals surface area (Å²) >= 11 is 5.85. The van der Waals surface area contributed by atoms with Crippen LogP contribution in [0.15, 0.2) is 23.3 Å². The van der Waals surface area contributed by atoms with Crippen molar-refractivity contribution < 1.29 is 0 Å². The van der Waals surface area contributed by atoms with Gasteiger partial charge < -0.3 is 0 Å². The van der Waals surface area contributed by atoms with Crippen molar-refractivity contribution in [3.05, 3.63) is 23.3 Å². The number of hydrogen-bond donors (Lipinski definition) is 0. The lowest BCUT2D eigenvalue weighted by Crippen LogP contribution is -2.11. The van der Waals surface area contributed by atoms with Crippen LogP contribution in [0.3, 0.4) is 0 Å². The molecule has 0 saturated heterocycles. The maximum Gasteiger partial charge on any atom is 0.0486 e. The highest BCUT2D eigenvalue weighted by Gasteiger charge is 2.16. The van der Waals surface area contributed by atoms with E-state index in [1.807, 2.05) is 6.08 Å². The summed E-state index contributed by atoms with van der Waals surface area (Å²) in [6, 6.07) is 0. The third kappa shape index (κ3) is 5.09. The summed E-state index contributed by atoms with van der Waals surface area (Å²) in [5.41, 5.74) is 0. The largest absolute Gasteiger partial charge is 0.115 e. The highest BCUT2D eigenvalue weighted by atomic mass is 35.5. The molecule has 0 aromatic rings. The molecule has 0 atom stereocenters. The number of rotatable bonds is 3. The minimum atomic E-state index is 0.654. The van der Waals surface area contributed by atoms with Crippen molar-refractivity contribution >= 4 is 11.6 Å². The molecule has 1 aliphatic rings. The van der Waals surface area contributed by atoms with Crippen LogP contribution in [-0.2, 0) is 0 Å². The lowest BCUT2D eigenvalue weighted by atomic mass is 9.81. The average molecular weight is 223 g/mol. The van der Waals surface area contributed by atoms with Gasteiger partial charge in [0.25, 0.3) is 0 Å². The fraction of sp³-hybridized carbons (Fsp3) is 0.571. The van der Waals surface area contributed by atoms with Gasteiger partial charge in [0.15, 0.2) is 0 Å². The Hall–Kier alpha value is -0.670. The Morgan fingerprint density at radius 3 is 2.67 bits per heavy atom. The molecule has 0 nitrogen and oxygen atoms in total. The zero-order valence-electron chi connectivity index (χ0n) is 9.38. The lowest BCUT2D eigenvalue weighted by Gasteiger charge is -2.24. The summed E-state index contributed by atoms with van der Waals surface area (Å²) in [5.74, 6) is 4.20. The van der Waals surface area contributed by atoms with Crippen molar-refractivity contribution in [2.24, 2.45) is 11.8 Å². The SMILES string of the molecule is C#C/C=C(Cl)\C=C/CC1CCC(C)CC1.